The fourth-order valence-electron chi connectivity index (χ4n) is 2.42. The largest absolute Gasteiger partial charge is 0.387 e. The number of hydrogen-bond donors (Lipinski definition) is 1. The highest BCUT2D eigenvalue weighted by Gasteiger charge is 2.09. The lowest BCUT2D eigenvalue weighted by molar-refractivity contribution is -0.716. The van der Waals surface area contributed by atoms with Gasteiger partial charge < -0.3 is 5.11 Å². The molecule has 0 aliphatic heterocycles. The Morgan fingerprint density at radius 1 is 0.909 bits per heavy atom. The normalized spacial score (nSPS) is 12.6. The lowest BCUT2D eigenvalue weighted by Crippen LogP contribution is -2.38. The van der Waals surface area contributed by atoms with Crippen molar-refractivity contribution in [3.05, 3.63) is 60.2 Å². The van der Waals surface area contributed by atoms with E-state index in [9.17, 15) is 5.11 Å². The Morgan fingerprint density at radius 3 is 1.86 bits per heavy atom. The van der Waals surface area contributed by atoms with E-state index in [1.165, 1.54) is 11.1 Å². The molecule has 2 aromatic heterocycles. The molecule has 3 nitrogen and oxygen atoms in total. The first-order valence-electron chi connectivity index (χ1n) is 8.24. The molecule has 0 saturated carbocycles. The predicted octanol–water partition coefficient (Wildman–Crippen LogP) is 2.40. The van der Waals surface area contributed by atoms with Crippen LogP contribution in [0.4, 0.5) is 0 Å². The molecule has 2 heterocycles. The molecule has 22 heavy (non-hydrogen) atoms. The molecule has 3 heteroatoms. The van der Waals surface area contributed by atoms with Gasteiger partial charge in [0.2, 0.25) is 0 Å². The second kappa shape index (κ2) is 8.04. The summed E-state index contributed by atoms with van der Waals surface area (Å²) in [6, 6.07) is 9.23. The lowest BCUT2D eigenvalue weighted by atomic mass is 10.1. The molecule has 0 saturated heterocycles. The van der Waals surface area contributed by atoms with Crippen LogP contribution in [-0.2, 0) is 19.4 Å². The summed E-state index contributed by atoms with van der Waals surface area (Å²) in [6.45, 7) is 7.05. The lowest BCUT2D eigenvalue weighted by Gasteiger charge is -2.05. The number of nitrogens with zero attached hydrogens (tertiary/aromatic N) is 2. The molecule has 0 aromatic carbocycles. The molecule has 2 rings (SSSR count). The quantitative estimate of drug-likeness (QED) is 0.781. The Hall–Kier alpha value is -1.74. The van der Waals surface area contributed by atoms with Gasteiger partial charge in [0.25, 0.3) is 0 Å². The van der Waals surface area contributed by atoms with Crippen molar-refractivity contribution in [2.24, 2.45) is 0 Å². The number of aliphatic hydroxyl groups is 1. The van der Waals surface area contributed by atoms with Crippen molar-refractivity contribution in [1.29, 1.82) is 0 Å². The van der Waals surface area contributed by atoms with Crippen LogP contribution in [0.25, 0.3) is 0 Å². The maximum Gasteiger partial charge on any atom is 0.174 e. The van der Waals surface area contributed by atoms with E-state index in [4.69, 9.17) is 0 Å². The summed E-state index contributed by atoms with van der Waals surface area (Å²) in [4.78, 5) is 0. The molecular weight excluding hydrogens is 272 g/mol. The molecule has 1 N–H and O–H groups in total. The summed E-state index contributed by atoms with van der Waals surface area (Å²) >= 11 is 0. The molecule has 0 amide bonds. The van der Waals surface area contributed by atoms with Crippen LogP contribution in [-0.4, -0.2) is 11.2 Å². The van der Waals surface area contributed by atoms with Gasteiger partial charge in [-0.05, 0) is 44.2 Å². The van der Waals surface area contributed by atoms with Crippen LogP contribution in [0, 0.1) is 0 Å². The second-order valence-corrected chi connectivity index (χ2v) is 6.21. The number of rotatable bonds is 7. The summed E-state index contributed by atoms with van der Waals surface area (Å²) in [6.07, 6.45) is 11.1. The average Bonchev–Trinajstić information content (AvgIpc) is 2.54. The molecule has 1 unspecified atom stereocenters. The highest BCUT2D eigenvalue weighted by atomic mass is 16.3. The van der Waals surface area contributed by atoms with E-state index in [2.05, 4.69) is 67.5 Å². The first kappa shape index (κ1) is 16.6. The molecule has 0 bridgehead atoms. The van der Waals surface area contributed by atoms with Crippen molar-refractivity contribution >= 4 is 0 Å². The Labute approximate surface area is 133 Å². The smallest absolute Gasteiger partial charge is 0.174 e. The maximum absolute atomic E-state index is 9.67. The highest BCUT2D eigenvalue weighted by Crippen LogP contribution is 2.05. The fraction of sp³-hybridized carbons (Fsp3) is 0.474. The van der Waals surface area contributed by atoms with Gasteiger partial charge in [0.05, 0.1) is 0 Å². The third kappa shape index (κ3) is 4.92. The molecule has 0 spiro atoms. The molecule has 0 radical (unpaired) electrons. The standard InChI is InChI=1S/C19H28N2O/c1-4-19(22)15-20-11-7-17(8-12-20)5-6-18-9-13-21(14-10-18)16(2)3/h7-14,16,19,22H,4-6,15H2,1-3H3/q+2. The van der Waals surface area contributed by atoms with Gasteiger partial charge in [0.1, 0.15) is 6.10 Å². The van der Waals surface area contributed by atoms with Gasteiger partial charge in [-0.2, -0.15) is 0 Å². The van der Waals surface area contributed by atoms with E-state index in [-0.39, 0.29) is 6.10 Å². The Kier molecular flexibility index (Phi) is 6.08. The summed E-state index contributed by atoms with van der Waals surface area (Å²) in [7, 11) is 0. The Bertz CT molecular complexity index is 561. The highest BCUT2D eigenvalue weighted by molar-refractivity contribution is 5.13. The van der Waals surface area contributed by atoms with Gasteiger partial charge in [-0.15, -0.1) is 0 Å². The third-order valence-corrected chi connectivity index (χ3v) is 4.07. The van der Waals surface area contributed by atoms with E-state index in [0.717, 1.165) is 19.3 Å². The van der Waals surface area contributed by atoms with E-state index < -0.39 is 0 Å². The predicted molar refractivity (Wildman–Crippen MR) is 87.4 cm³/mol. The van der Waals surface area contributed by atoms with Crippen molar-refractivity contribution in [2.45, 2.75) is 58.7 Å². The summed E-state index contributed by atoms with van der Waals surface area (Å²) < 4.78 is 4.26. The van der Waals surface area contributed by atoms with Crippen LogP contribution >= 0.6 is 0 Å². The first-order chi connectivity index (χ1) is 10.6. The van der Waals surface area contributed by atoms with Gasteiger partial charge in [-0.3, -0.25) is 0 Å². The maximum atomic E-state index is 9.67. The van der Waals surface area contributed by atoms with Crippen LogP contribution in [0.1, 0.15) is 44.4 Å². The molecular formula is C19H28N2O+2. The fourth-order valence-corrected chi connectivity index (χ4v) is 2.42. The van der Waals surface area contributed by atoms with Gasteiger partial charge in [-0.1, -0.05) is 6.92 Å². The minimum Gasteiger partial charge on any atom is -0.387 e. The number of aromatic nitrogens is 2. The Balaban J connectivity index is 1.88. The number of pyridine rings is 2. The zero-order valence-electron chi connectivity index (χ0n) is 13.9. The van der Waals surface area contributed by atoms with Gasteiger partial charge in [-0.25, -0.2) is 9.13 Å². The Morgan fingerprint density at radius 2 is 1.41 bits per heavy atom. The summed E-state index contributed by atoms with van der Waals surface area (Å²) in [5.74, 6) is 0. The van der Waals surface area contributed by atoms with Gasteiger partial charge >= 0.3 is 0 Å². The van der Waals surface area contributed by atoms with Crippen molar-refractivity contribution < 1.29 is 14.2 Å². The van der Waals surface area contributed by atoms with Crippen molar-refractivity contribution in [3.8, 4) is 0 Å². The number of aryl methyl sites for hydroxylation is 2. The number of hydrogen-bond acceptors (Lipinski definition) is 1. The van der Waals surface area contributed by atoms with Crippen LogP contribution in [0.5, 0.6) is 0 Å². The molecule has 0 fully saturated rings. The van der Waals surface area contributed by atoms with E-state index >= 15 is 0 Å². The summed E-state index contributed by atoms with van der Waals surface area (Å²) in [5.41, 5.74) is 2.71. The van der Waals surface area contributed by atoms with Crippen LogP contribution in [0.3, 0.4) is 0 Å². The summed E-state index contributed by atoms with van der Waals surface area (Å²) in [5, 5.41) is 9.67. The van der Waals surface area contributed by atoms with E-state index in [1.807, 2.05) is 11.5 Å². The van der Waals surface area contributed by atoms with Crippen LogP contribution in [0.2, 0.25) is 0 Å². The van der Waals surface area contributed by atoms with E-state index in [1.54, 1.807) is 0 Å². The minimum atomic E-state index is -0.257. The van der Waals surface area contributed by atoms with Crippen LogP contribution < -0.4 is 9.13 Å². The topological polar surface area (TPSA) is 28.0 Å². The molecule has 1 atom stereocenters. The number of aliphatic hydroxyl groups excluding tert-OH is 1. The first-order valence-corrected chi connectivity index (χ1v) is 8.24. The SMILES string of the molecule is CCC(O)C[n+]1ccc(CCc2cc[n+](C(C)C)cc2)cc1. The molecule has 0 aliphatic carbocycles. The second-order valence-electron chi connectivity index (χ2n) is 6.21. The molecule has 0 aliphatic rings. The van der Waals surface area contributed by atoms with Gasteiger partial charge in [0.15, 0.2) is 37.4 Å². The third-order valence-electron chi connectivity index (χ3n) is 4.07. The van der Waals surface area contributed by atoms with Crippen molar-refractivity contribution in [3.63, 3.8) is 0 Å². The van der Waals surface area contributed by atoms with Gasteiger partial charge in [0, 0.05) is 24.3 Å². The molecule has 2 aromatic rings. The van der Waals surface area contributed by atoms with Crippen molar-refractivity contribution in [2.75, 3.05) is 0 Å². The average molecular weight is 300 g/mol. The van der Waals surface area contributed by atoms with E-state index in [0.29, 0.717) is 12.6 Å². The zero-order chi connectivity index (χ0) is 15.9. The van der Waals surface area contributed by atoms with Crippen LogP contribution in [0.15, 0.2) is 49.1 Å². The zero-order valence-corrected chi connectivity index (χ0v) is 13.9. The van der Waals surface area contributed by atoms with Crippen molar-refractivity contribution in [1.82, 2.24) is 0 Å². The minimum absolute atomic E-state index is 0.257. The molecule has 118 valence electrons. The monoisotopic (exact) mass is 300 g/mol.